The van der Waals surface area contributed by atoms with Crippen molar-refractivity contribution in [1.29, 1.82) is 0 Å². The average molecular weight is 307 g/mol. The van der Waals surface area contributed by atoms with Crippen LogP contribution >= 0.6 is 0 Å². The number of aliphatic hydroxyl groups excluding tert-OH is 2. The third kappa shape index (κ3) is 3.59. The van der Waals surface area contributed by atoms with E-state index in [-0.39, 0.29) is 16.7 Å². The van der Waals surface area contributed by atoms with Crippen LogP contribution in [0, 0.1) is 0 Å². The molecule has 1 aliphatic rings. The van der Waals surface area contributed by atoms with E-state index in [1.54, 1.807) is 12.1 Å². The van der Waals surface area contributed by atoms with E-state index in [0.717, 1.165) is 12.0 Å². The van der Waals surface area contributed by atoms with Crippen molar-refractivity contribution in [2.45, 2.75) is 63.7 Å². The quantitative estimate of drug-likeness (QED) is 0.669. The Kier molecular flexibility index (Phi) is 4.78. The fraction of sp³-hybridized carbons (Fsp3) is 0.588. The molecule has 1 aromatic rings. The first-order valence-corrected chi connectivity index (χ1v) is 7.70. The number of aromatic hydroxyl groups is 1. The van der Waals surface area contributed by atoms with Crippen molar-refractivity contribution in [2.75, 3.05) is 0 Å². The number of rotatable bonds is 2. The Balaban J connectivity index is 2.19. The maximum Gasteiger partial charge on any atom is 0.255 e. The molecule has 0 spiro atoms. The molecule has 0 unspecified atom stereocenters. The van der Waals surface area contributed by atoms with Crippen molar-refractivity contribution >= 4 is 5.91 Å². The highest BCUT2D eigenvalue weighted by atomic mass is 16.3. The number of carbonyl (C=O) groups excluding carboxylic acids is 1. The van der Waals surface area contributed by atoms with Crippen molar-refractivity contribution in [3.8, 4) is 5.75 Å². The van der Waals surface area contributed by atoms with Gasteiger partial charge in [0.05, 0.1) is 23.8 Å². The molecule has 4 N–H and O–H groups in total. The molecule has 122 valence electrons. The molecule has 22 heavy (non-hydrogen) atoms. The van der Waals surface area contributed by atoms with Gasteiger partial charge in [-0.2, -0.15) is 0 Å². The van der Waals surface area contributed by atoms with E-state index in [1.807, 2.05) is 20.8 Å². The second-order valence-corrected chi connectivity index (χ2v) is 7.05. The highest BCUT2D eigenvalue weighted by molar-refractivity contribution is 5.97. The van der Waals surface area contributed by atoms with E-state index < -0.39 is 24.2 Å². The number of hydrogen-bond acceptors (Lipinski definition) is 4. The van der Waals surface area contributed by atoms with Gasteiger partial charge in [0, 0.05) is 0 Å². The zero-order valence-electron chi connectivity index (χ0n) is 13.3. The fourth-order valence-corrected chi connectivity index (χ4v) is 2.74. The minimum atomic E-state index is -0.967. The fourth-order valence-electron chi connectivity index (χ4n) is 2.74. The molecule has 1 saturated carbocycles. The van der Waals surface area contributed by atoms with E-state index in [4.69, 9.17) is 0 Å². The minimum absolute atomic E-state index is 0.0867. The first-order valence-electron chi connectivity index (χ1n) is 7.70. The Morgan fingerprint density at radius 1 is 1.23 bits per heavy atom. The van der Waals surface area contributed by atoms with Gasteiger partial charge in [0.2, 0.25) is 0 Å². The van der Waals surface area contributed by atoms with Crippen LogP contribution in [0.25, 0.3) is 0 Å². The Bertz CT molecular complexity index is 550. The maximum absolute atomic E-state index is 12.4. The third-order valence-electron chi connectivity index (χ3n) is 4.25. The second kappa shape index (κ2) is 6.26. The number of phenolic OH excluding ortho intramolecular Hbond substituents is 1. The van der Waals surface area contributed by atoms with Gasteiger partial charge in [-0.3, -0.25) is 4.79 Å². The molecule has 5 nitrogen and oxygen atoms in total. The summed E-state index contributed by atoms with van der Waals surface area (Å²) >= 11 is 0. The summed E-state index contributed by atoms with van der Waals surface area (Å²) in [5, 5.41) is 32.3. The van der Waals surface area contributed by atoms with Crippen LogP contribution in [-0.2, 0) is 5.41 Å². The number of nitrogens with one attached hydrogen (secondary N) is 1. The molecular formula is C17H25NO4. The molecule has 0 saturated heterocycles. The van der Waals surface area contributed by atoms with Crippen molar-refractivity contribution < 1.29 is 20.1 Å². The van der Waals surface area contributed by atoms with Gasteiger partial charge in [0.15, 0.2) is 0 Å². The zero-order chi connectivity index (χ0) is 16.5. The van der Waals surface area contributed by atoms with E-state index in [2.05, 4.69) is 5.32 Å². The van der Waals surface area contributed by atoms with Crippen LogP contribution in [0.15, 0.2) is 18.2 Å². The number of carbonyl (C=O) groups is 1. The van der Waals surface area contributed by atoms with Gasteiger partial charge >= 0.3 is 0 Å². The Labute approximate surface area is 131 Å². The van der Waals surface area contributed by atoms with Gasteiger partial charge in [0.1, 0.15) is 5.75 Å². The largest absolute Gasteiger partial charge is 0.507 e. The molecule has 0 aliphatic heterocycles. The molecular weight excluding hydrogens is 282 g/mol. The number of aliphatic hydroxyl groups is 2. The van der Waals surface area contributed by atoms with Crippen LogP contribution < -0.4 is 5.32 Å². The summed E-state index contributed by atoms with van der Waals surface area (Å²) in [4.78, 5) is 12.4. The van der Waals surface area contributed by atoms with Gasteiger partial charge in [-0.25, -0.2) is 0 Å². The lowest BCUT2D eigenvalue weighted by Gasteiger charge is -2.32. The molecule has 1 aliphatic carbocycles. The lowest BCUT2D eigenvalue weighted by molar-refractivity contribution is -0.0278. The SMILES string of the molecule is CC(C)(C)c1ccc(O)c(C(=O)N[C@@H]2CCC[C@@H](O)[C@@H]2O)c1. The monoisotopic (exact) mass is 307 g/mol. The van der Waals surface area contributed by atoms with E-state index in [0.29, 0.717) is 12.8 Å². The molecule has 1 fully saturated rings. The van der Waals surface area contributed by atoms with Crippen LogP contribution in [0.4, 0.5) is 0 Å². The summed E-state index contributed by atoms with van der Waals surface area (Å²) in [5.41, 5.74) is 1.00. The third-order valence-corrected chi connectivity index (χ3v) is 4.25. The smallest absolute Gasteiger partial charge is 0.255 e. The predicted octanol–water partition coefficient (Wildman–Crippen LogP) is 1.69. The molecule has 1 aromatic carbocycles. The number of benzene rings is 1. The highest BCUT2D eigenvalue weighted by Crippen LogP contribution is 2.28. The molecule has 2 rings (SSSR count). The maximum atomic E-state index is 12.4. The van der Waals surface area contributed by atoms with Crippen LogP contribution in [0.5, 0.6) is 5.75 Å². The lowest BCUT2D eigenvalue weighted by atomic mass is 9.85. The van der Waals surface area contributed by atoms with Gasteiger partial charge in [0.25, 0.3) is 5.91 Å². The summed E-state index contributed by atoms with van der Waals surface area (Å²) in [6.45, 7) is 6.09. The number of amides is 1. The predicted molar refractivity (Wildman–Crippen MR) is 83.9 cm³/mol. The number of phenols is 1. The molecule has 0 radical (unpaired) electrons. The average Bonchev–Trinajstić information content (AvgIpc) is 2.43. The van der Waals surface area contributed by atoms with Gasteiger partial charge in [-0.15, -0.1) is 0 Å². The highest BCUT2D eigenvalue weighted by Gasteiger charge is 2.32. The molecule has 0 heterocycles. The van der Waals surface area contributed by atoms with Gasteiger partial charge in [-0.05, 0) is 42.4 Å². The van der Waals surface area contributed by atoms with Crippen LogP contribution in [0.2, 0.25) is 0 Å². The first-order chi connectivity index (χ1) is 10.2. The van der Waals surface area contributed by atoms with Crippen LogP contribution in [0.1, 0.15) is 56.0 Å². The van der Waals surface area contributed by atoms with Crippen molar-refractivity contribution in [3.05, 3.63) is 29.3 Å². The summed E-state index contributed by atoms with van der Waals surface area (Å²) in [7, 11) is 0. The summed E-state index contributed by atoms with van der Waals surface area (Å²) < 4.78 is 0. The summed E-state index contributed by atoms with van der Waals surface area (Å²) in [5.74, 6) is -0.516. The van der Waals surface area contributed by atoms with Crippen molar-refractivity contribution in [1.82, 2.24) is 5.32 Å². The Hall–Kier alpha value is -1.59. The number of hydrogen-bond donors (Lipinski definition) is 4. The minimum Gasteiger partial charge on any atom is -0.507 e. The van der Waals surface area contributed by atoms with Gasteiger partial charge < -0.3 is 20.6 Å². The van der Waals surface area contributed by atoms with E-state index in [9.17, 15) is 20.1 Å². The zero-order valence-corrected chi connectivity index (χ0v) is 13.3. The molecule has 0 aromatic heterocycles. The summed E-state index contributed by atoms with van der Waals surface area (Å²) in [6.07, 6.45) is 0.123. The van der Waals surface area contributed by atoms with Gasteiger partial charge in [-0.1, -0.05) is 26.8 Å². The molecule has 0 bridgehead atoms. The second-order valence-electron chi connectivity index (χ2n) is 7.05. The normalized spacial score (nSPS) is 25.8. The van der Waals surface area contributed by atoms with E-state index >= 15 is 0 Å². The van der Waals surface area contributed by atoms with Crippen molar-refractivity contribution in [2.24, 2.45) is 0 Å². The summed E-state index contributed by atoms with van der Waals surface area (Å²) in [6, 6.07) is 4.50. The first kappa shape index (κ1) is 16.8. The standard InChI is InChI=1S/C17H25NO4/c1-17(2,3)10-7-8-13(19)11(9-10)16(22)18-12-5-4-6-14(20)15(12)21/h7-9,12,14-15,19-21H,4-6H2,1-3H3,(H,18,22)/t12-,14-,15-/m1/s1. The topological polar surface area (TPSA) is 89.8 Å². The Morgan fingerprint density at radius 3 is 2.55 bits per heavy atom. The molecule has 3 atom stereocenters. The molecule has 5 heteroatoms. The van der Waals surface area contributed by atoms with Crippen LogP contribution in [0.3, 0.4) is 0 Å². The van der Waals surface area contributed by atoms with E-state index in [1.165, 1.54) is 6.07 Å². The Morgan fingerprint density at radius 2 is 1.91 bits per heavy atom. The lowest BCUT2D eigenvalue weighted by Crippen LogP contribution is -2.51. The molecule has 1 amide bonds. The van der Waals surface area contributed by atoms with Crippen LogP contribution in [-0.4, -0.2) is 39.5 Å². The van der Waals surface area contributed by atoms with Crippen molar-refractivity contribution in [3.63, 3.8) is 0 Å².